The van der Waals surface area contributed by atoms with Crippen LogP contribution in [0.1, 0.15) is 37.0 Å². The van der Waals surface area contributed by atoms with Gasteiger partial charge in [-0.2, -0.15) is 0 Å². The number of benzene rings is 2. The molecule has 1 heterocycles. The van der Waals surface area contributed by atoms with Crippen LogP contribution in [0.5, 0.6) is 0 Å². The smallest absolute Gasteiger partial charge is 0.376 e. The van der Waals surface area contributed by atoms with E-state index in [1.54, 1.807) is 6.92 Å². The molecule has 5 nitrogen and oxygen atoms in total. The fourth-order valence-corrected chi connectivity index (χ4v) is 2.92. The van der Waals surface area contributed by atoms with Gasteiger partial charge in [0.15, 0.2) is 0 Å². The monoisotopic (exact) mass is 349 g/mol. The van der Waals surface area contributed by atoms with Gasteiger partial charge in [0.1, 0.15) is 5.82 Å². The Morgan fingerprint density at radius 2 is 1.73 bits per heavy atom. The van der Waals surface area contributed by atoms with Crippen molar-refractivity contribution in [2.24, 2.45) is 0 Å². The standard InChI is InChI=1S/C21H23N3O2/c1-4-15-11-13-16(14-12-15)24(5-2)20-17-9-7-8-10-18(17)22-19(23-20)21(25)26-6-3/h7-14H,4-6H2,1-3H3. The summed E-state index contributed by atoms with van der Waals surface area (Å²) < 4.78 is 5.10. The molecule has 0 fully saturated rings. The van der Waals surface area contributed by atoms with Crippen molar-refractivity contribution in [1.29, 1.82) is 0 Å². The Kier molecular flexibility index (Phi) is 5.46. The van der Waals surface area contributed by atoms with Gasteiger partial charge in [-0.1, -0.05) is 31.2 Å². The number of hydrogen-bond acceptors (Lipinski definition) is 5. The molecule has 0 aliphatic carbocycles. The highest BCUT2D eigenvalue weighted by molar-refractivity contribution is 5.95. The van der Waals surface area contributed by atoms with Crippen molar-refractivity contribution in [3.05, 3.63) is 59.9 Å². The highest BCUT2D eigenvalue weighted by Gasteiger charge is 2.19. The van der Waals surface area contributed by atoms with Gasteiger partial charge >= 0.3 is 5.97 Å². The van der Waals surface area contributed by atoms with Gasteiger partial charge in [0, 0.05) is 17.6 Å². The molecule has 0 aliphatic heterocycles. The number of aromatic nitrogens is 2. The van der Waals surface area contributed by atoms with Crippen LogP contribution < -0.4 is 4.90 Å². The summed E-state index contributed by atoms with van der Waals surface area (Å²) in [5.41, 5.74) is 3.04. The van der Waals surface area contributed by atoms with Crippen molar-refractivity contribution in [3.8, 4) is 0 Å². The van der Waals surface area contributed by atoms with Crippen LogP contribution in [0.2, 0.25) is 0 Å². The topological polar surface area (TPSA) is 55.3 Å². The Labute approximate surface area is 153 Å². The zero-order chi connectivity index (χ0) is 18.5. The Balaban J connectivity index is 2.14. The summed E-state index contributed by atoms with van der Waals surface area (Å²) in [5.74, 6) is 0.298. The van der Waals surface area contributed by atoms with Crippen molar-refractivity contribution < 1.29 is 9.53 Å². The molecule has 134 valence electrons. The lowest BCUT2D eigenvalue weighted by molar-refractivity contribution is 0.0512. The largest absolute Gasteiger partial charge is 0.460 e. The van der Waals surface area contributed by atoms with E-state index < -0.39 is 5.97 Å². The van der Waals surface area contributed by atoms with E-state index in [9.17, 15) is 4.79 Å². The highest BCUT2D eigenvalue weighted by atomic mass is 16.5. The van der Waals surface area contributed by atoms with E-state index >= 15 is 0 Å². The van der Waals surface area contributed by atoms with Gasteiger partial charge in [0.05, 0.1) is 12.1 Å². The van der Waals surface area contributed by atoms with Crippen molar-refractivity contribution in [2.45, 2.75) is 27.2 Å². The predicted molar refractivity (Wildman–Crippen MR) is 104 cm³/mol. The average molecular weight is 349 g/mol. The van der Waals surface area contributed by atoms with Crippen molar-refractivity contribution in [3.63, 3.8) is 0 Å². The van der Waals surface area contributed by atoms with Crippen LogP contribution in [0.25, 0.3) is 10.9 Å². The molecule has 0 amide bonds. The summed E-state index contributed by atoms with van der Waals surface area (Å²) in [6, 6.07) is 16.1. The minimum absolute atomic E-state index is 0.0872. The molecule has 0 unspecified atom stereocenters. The summed E-state index contributed by atoms with van der Waals surface area (Å²) in [6.07, 6.45) is 0.996. The molecule has 5 heteroatoms. The van der Waals surface area contributed by atoms with Crippen LogP contribution in [-0.4, -0.2) is 29.1 Å². The fraction of sp³-hybridized carbons (Fsp3) is 0.286. The third kappa shape index (κ3) is 3.52. The number of carbonyl (C=O) groups excluding carboxylic acids is 1. The van der Waals surface area contributed by atoms with E-state index in [1.807, 2.05) is 24.3 Å². The van der Waals surface area contributed by atoms with Gasteiger partial charge in [-0.3, -0.25) is 0 Å². The first-order chi connectivity index (χ1) is 12.7. The summed E-state index contributed by atoms with van der Waals surface area (Å²) in [5, 5.41) is 0.905. The van der Waals surface area contributed by atoms with Crippen LogP contribution in [0.3, 0.4) is 0 Å². The average Bonchev–Trinajstić information content (AvgIpc) is 2.69. The third-order valence-electron chi connectivity index (χ3n) is 4.27. The zero-order valence-electron chi connectivity index (χ0n) is 15.4. The molecule has 0 saturated heterocycles. The van der Waals surface area contributed by atoms with Crippen molar-refractivity contribution >= 4 is 28.4 Å². The molecule has 0 radical (unpaired) electrons. The van der Waals surface area contributed by atoms with Gasteiger partial charge in [-0.05, 0) is 50.1 Å². The molecule has 0 aliphatic rings. The summed E-state index contributed by atoms with van der Waals surface area (Å²) in [6.45, 7) is 6.98. The first-order valence-corrected chi connectivity index (χ1v) is 8.98. The Morgan fingerprint density at radius 1 is 1.00 bits per heavy atom. The second-order valence-electron chi connectivity index (χ2n) is 5.87. The van der Waals surface area contributed by atoms with Gasteiger partial charge in [-0.25, -0.2) is 14.8 Å². The number of fused-ring (bicyclic) bond motifs is 1. The number of para-hydroxylation sites is 1. The maximum atomic E-state index is 12.2. The molecule has 0 spiro atoms. The number of anilines is 2. The number of carbonyl (C=O) groups is 1. The number of hydrogen-bond donors (Lipinski definition) is 0. The van der Waals surface area contributed by atoms with E-state index in [2.05, 4.69) is 53.0 Å². The number of esters is 1. The maximum Gasteiger partial charge on any atom is 0.376 e. The minimum Gasteiger partial charge on any atom is -0.460 e. The van der Waals surface area contributed by atoms with Gasteiger partial charge in [-0.15, -0.1) is 0 Å². The normalized spacial score (nSPS) is 10.7. The van der Waals surface area contributed by atoms with Gasteiger partial charge in [0.25, 0.3) is 0 Å². The Morgan fingerprint density at radius 3 is 2.38 bits per heavy atom. The van der Waals surface area contributed by atoms with Gasteiger partial charge in [0.2, 0.25) is 5.82 Å². The predicted octanol–water partition coefficient (Wildman–Crippen LogP) is 4.53. The summed E-state index contributed by atoms with van der Waals surface area (Å²) in [4.78, 5) is 23.2. The van der Waals surface area contributed by atoms with Gasteiger partial charge < -0.3 is 9.64 Å². The van der Waals surface area contributed by atoms with Crippen LogP contribution in [0, 0.1) is 0 Å². The van der Waals surface area contributed by atoms with E-state index in [4.69, 9.17) is 4.74 Å². The SMILES string of the molecule is CCOC(=O)c1nc(N(CC)c2ccc(CC)cc2)c2ccccc2n1. The first kappa shape index (κ1) is 17.9. The van der Waals surface area contributed by atoms with E-state index in [0.717, 1.165) is 29.6 Å². The molecule has 0 atom stereocenters. The van der Waals surface area contributed by atoms with Crippen molar-refractivity contribution in [2.75, 3.05) is 18.1 Å². The molecule has 2 aromatic carbocycles. The van der Waals surface area contributed by atoms with Crippen LogP contribution in [-0.2, 0) is 11.2 Å². The molecular weight excluding hydrogens is 326 g/mol. The number of aryl methyl sites for hydroxylation is 1. The van der Waals surface area contributed by atoms with Crippen LogP contribution >= 0.6 is 0 Å². The lowest BCUT2D eigenvalue weighted by Gasteiger charge is -2.24. The minimum atomic E-state index is -0.503. The first-order valence-electron chi connectivity index (χ1n) is 8.98. The number of ether oxygens (including phenoxy) is 1. The highest BCUT2D eigenvalue weighted by Crippen LogP contribution is 2.30. The third-order valence-corrected chi connectivity index (χ3v) is 4.27. The van der Waals surface area contributed by atoms with E-state index in [-0.39, 0.29) is 5.82 Å². The lowest BCUT2D eigenvalue weighted by atomic mass is 10.1. The second-order valence-corrected chi connectivity index (χ2v) is 5.87. The molecular formula is C21H23N3O2. The second kappa shape index (κ2) is 7.95. The molecule has 3 aromatic rings. The molecule has 3 rings (SSSR count). The Hall–Kier alpha value is -2.95. The fourth-order valence-electron chi connectivity index (χ4n) is 2.92. The number of rotatable bonds is 6. The molecule has 0 bridgehead atoms. The van der Waals surface area contributed by atoms with E-state index in [0.29, 0.717) is 12.4 Å². The van der Waals surface area contributed by atoms with Crippen molar-refractivity contribution in [1.82, 2.24) is 9.97 Å². The van der Waals surface area contributed by atoms with Crippen LogP contribution in [0.4, 0.5) is 11.5 Å². The number of nitrogens with zero attached hydrogens (tertiary/aromatic N) is 3. The van der Waals surface area contributed by atoms with Crippen LogP contribution in [0.15, 0.2) is 48.5 Å². The summed E-state index contributed by atoms with van der Waals surface area (Å²) >= 11 is 0. The lowest BCUT2D eigenvalue weighted by Crippen LogP contribution is -2.20. The van der Waals surface area contributed by atoms with E-state index in [1.165, 1.54) is 5.56 Å². The molecule has 0 saturated carbocycles. The maximum absolute atomic E-state index is 12.2. The summed E-state index contributed by atoms with van der Waals surface area (Å²) in [7, 11) is 0. The molecule has 1 aromatic heterocycles. The Bertz CT molecular complexity index is 907. The quantitative estimate of drug-likeness (QED) is 0.612. The molecule has 26 heavy (non-hydrogen) atoms. The molecule has 0 N–H and O–H groups in total. The zero-order valence-corrected chi connectivity index (χ0v) is 15.4.